The fourth-order valence-corrected chi connectivity index (χ4v) is 4.58. The van der Waals surface area contributed by atoms with Gasteiger partial charge in [0.25, 0.3) is 0 Å². The van der Waals surface area contributed by atoms with E-state index >= 15 is 0 Å². The van der Waals surface area contributed by atoms with Gasteiger partial charge in [0.05, 0.1) is 11.7 Å². The van der Waals surface area contributed by atoms with E-state index in [-0.39, 0.29) is 17.9 Å². The van der Waals surface area contributed by atoms with Crippen molar-refractivity contribution in [3.05, 3.63) is 51.5 Å². The van der Waals surface area contributed by atoms with Crippen molar-refractivity contribution in [3.63, 3.8) is 0 Å². The monoisotopic (exact) mass is 399 g/mol. The van der Waals surface area contributed by atoms with Gasteiger partial charge in [-0.15, -0.1) is 11.3 Å². The summed E-state index contributed by atoms with van der Waals surface area (Å²) < 4.78 is 0. The molecule has 2 atom stereocenters. The number of nitrogens with one attached hydrogen (secondary N) is 1. The number of likely N-dealkylation sites (tertiary alicyclic amines) is 1. The fourth-order valence-electron chi connectivity index (χ4n) is 3.59. The van der Waals surface area contributed by atoms with E-state index in [0.717, 1.165) is 22.7 Å². The molecule has 2 aromatic rings. The number of aryl methyl sites for hydroxylation is 2. The molecule has 0 spiro atoms. The maximum absolute atomic E-state index is 13.1. The van der Waals surface area contributed by atoms with Gasteiger partial charge in [0.15, 0.2) is 0 Å². The maximum Gasteiger partial charge on any atom is 0.243 e. The highest BCUT2D eigenvalue weighted by atomic mass is 32.1. The third-order valence-corrected chi connectivity index (χ3v) is 6.38. The molecule has 1 aliphatic heterocycles. The molecule has 2 amide bonds. The van der Waals surface area contributed by atoms with Gasteiger partial charge in [-0.1, -0.05) is 44.2 Å². The first-order valence-corrected chi connectivity index (χ1v) is 10.7. The summed E-state index contributed by atoms with van der Waals surface area (Å²) in [5.74, 6) is 0.406. The van der Waals surface area contributed by atoms with Gasteiger partial charge in [-0.05, 0) is 38.2 Å². The van der Waals surface area contributed by atoms with Crippen LogP contribution in [0.3, 0.4) is 0 Å². The van der Waals surface area contributed by atoms with Crippen molar-refractivity contribution >= 4 is 23.2 Å². The van der Waals surface area contributed by atoms with Crippen molar-refractivity contribution in [2.24, 2.45) is 5.92 Å². The lowest BCUT2D eigenvalue weighted by Gasteiger charge is -2.27. The van der Waals surface area contributed by atoms with Crippen LogP contribution in [-0.4, -0.2) is 27.7 Å². The van der Waals surface area contributed by atoms with Crippen LogP contribution in [0.1, 0.15) is 60.3 Å². The highest BCUT2D eigenvalue weighted by molar-refractivity contribution is 7.11. The van der Waals surface area contributed by atoms with E-state index in [4.69, 9.17) is 0 Å². The quantitative estimate of drug-likeness (QED) is 0.761. The lowest BCUT2D eigenvalue weighted by Crippen LogP contribution is -2.45. The number of nitrogens with zero attached hydrogens (tertiary/aromatic N) is 2. The van der Waals surface area contributed by atoms with Gasteiger partial charge in [-0.2, -0.15) is 0 Å². The van der Waals surface area contributed by atoms with Gasteiger partial charge >= 0.3 is 0 Å². The number of carbonyl (C=O) groups is 2. The normalized spacial score (nSPS) is 18.0. The highest BCUT2D eigenvalue weighted by Crippen LogP contribution is 2.29. The zero-order chi connectivity index (χ0) is 20.3. The molecule has 1 saturated heterocycles. The Balaban J connectivity index is 1.75. The molecule has 28 heavy (non-hydrogen) atoms. The first-order chi connectivity index (χ1) is 13.3. The molecular weight excluding hydrogens is 370 g/mol. The van der Waals surface area contributed by atoms with E-state index < -0.39 is 6.04 Å². The van der Waals surface area contributed by atoms with Crippen molar-refractivity contribution in [2.45, 2.75) is 65.6 Å². The van der Waals surface area contributed by atoms with E-state index in [0.29, 0.717) is 25.3 Å². The topological polar surface area (TPSA) is 62.3 Å². The second-order valence-electron chi connectivity index (χ2n) is 7.95. The summed E-state index contributed by atoms with van der Waals surface area (Å²) in [6.45, 7) is 8.82. The fraction of sp³-hybridized carbons (Fsp3) is 0.500. The number of hydrogen-bond donors (Lipinski definition) is 1. The Bertz CT molecular complexity index is 812. The minimum atomic E-state index is -0.412. The number of thiazole rings is 1. The van der Waals surface area contributed by atoms with E-state index in [1.54, 1.807) is 16.2 Å². The molecule has 1 fully saturated rings. The van der Waals surface area contributed by atoms with Crippen LogP contribution in [0, 0.1) is 19.8 Å². The Morgan fingerprint density at radius 3 is 2.61 bits per heavy atom. The van der Waals surface area contributed by atoms with Crippen LogP contribution in [0.15, 0.2) is 30.3 Å². The Morgan fingerprint density at radius 1 is 1.29 bits per heavy atom. The van der Waals surface area contributed by atoms with Crippen LogP contribution in [-0.2, 0) is 16.1 Å². The third kappa shape index (κ3) is 4.79. The summed E-state index contributed by atoms with van der Waals surface area (Å²) in [6, 6.07) is 9.32. The van der Waals surface area contributed by atoms with Crippen molar-refractivity contribution < 1.29 is 9.59 Å². The van der Waals surface area contributed by atoms with E-state index in [1.807, 2.05) is 37.3 Å². The van der Waals surface area contributed by atoms with Crippen molar-refractivity contribution in [1.82, 2.24) is 15.2 Å². The summed E-state index contributed by atoms with van der Waals surface area (Å²) in [7, 11) is 0. The molecular formula is C22H29N3O2S. The van der Waals surface area contributed by atoms with Crippen LogP contribution >= 0.6 is 11.3 Å². The van der Waals surface area contributed by atoms with Gasteiger partial charge in [-0.25, -0.2) is 4.98 Å². The molecule has 150 valence electrons. The molecule has 1 aliphatic rings. The second kappa shape index (κ2) is 8.86. The molecule has 3 rings (SSSR count). The molecule has 2 unspecified atom stereocenters. The number of amides is 2. The largest absolute Gasteiger partial charge is 0.345 e. The Labute approximate surface area is 171 Å². The van der Waals surface area contributed by atoms with E-state index in [9.17, 15) is 9.59 Å². The van der Waals surface area contributed by atoms with Gasteiger partial charge in [0.1, 0.15) is 11.0 Å². The average Bonchev–Trinajstić information content (AvgIpc) is 3.18. The molecule has 5 nitrogen and oxygen atoms in total. The summed E-state index contributed by atoms with van der Waals surface area (Å²) in [4.78, 5) is 33.1. The molecule has 0 aliphatic carbocycles. The molecule has 0 saturated carbocycles. The number of benzene rings is 1. The summed E-state index contributed by atoms with van der Waals surface area (Å²) in [6.07, 6.45) is 1.83. The van der Waals surface area contributed by atoms with Crippen LogP contribution in [0.2, 0.25) is 0 Å². The summed E-state index contributed by atoms with van der Waals surface area (Å²) in [5, 5.41) is 4.15. The number of aromatic nitrogens is 1. The SMILES string of the molecule is Cc1nc(C(CC(C)C)NC(=O)C2CCC(=O)N2Cc2ccccc2)sc1C. The van der Waals surface area contributed by atoms with Gasteiger partial charge in [0, 0.05) is 17.8 Å². The maximum atomic E-state index is 13.1. The Hall–Kier alpha value is -2.21. The molecule has 1 N–H and O–H groups in total. The van der Waals surface area contributed by atoms with Gasteiger partial charge in [-0.3, -0.25) is 9.59 Å². The predicted molar refractivity (Wildman–Crippen MR) is 112 cm³/mol. The predicted octanol–water partition coefficient (Wildman–Crippen LogP) is 4.15. The van der Waals surface area contributed by atoms with E-state index in [2.05, 4.69) is 31.1 Å². The van der Waals surface area contributed by atoms with Gasteiger partial charge < -0.3 is 10.2 Å². The van der Waals surface area contributed by atoms with Crippen molar-refractivity contribution in [2.75, 3.05) is 0 Å². The molecule has 0 radical (unpaired) electrons. The molecule has 6 heteroatoms. The molecule has 1 aromatic heterocycles. The first kappa shape index (κ1) is 20.5. The smallest absolute Gasteiger partial charge is 0.243 e. The Kier molecular flexibility index (Phi) is 6.50. The average molecular weight is 400 g/mol. The minimum absolute atomic E-state index is 0.0466. The number of rotatable bonds is 7. The van der Waals surface area contributed by atoms with Crippen molar-refractivity contribution in [3.8, 4) is 0 Å². The zero-order valence-electron chi connectivity index (χ0n) is 17.1. The summed E-state index contributed by atoms with van der Waals surface area (Å²) >= 11 is 1.65. The van der Waals surface area contributed by atoms with Gasteiger partial charge in [0.2, 0.25) is 11.8 Å². The highest BCUT2D eigenvalue weighted by Gasteiger charge is 2.37. The summed E-state index contributed by atoms with van der Waals surface area (Å²) in [5.41, 5.74) is 2.06. The molecule has 0 bridgehead atoms. The van der Waals surface area contributed by atoms with Crippen LogP contribution in [0.4, 0.5) is 0 Å². The number of carbonyl (C=O) groups excluding carboxylic acids is 2. The van der Waals surface area contributed by atoms with Crippen LogP contribution < -0.4 is 5.32 Å². The molecule has 1 aromatic carbocycles. The van der Waals surface area contributed by atoms with Crippen molar-refractivity contribution in [1.29, 1.82) is 0 Å². The Morgan fingerprint density at radius 2 is 2.00 bits per heavy atom. The van der Waals surface area contributed by atoms with Crippen LogP contribution in [0.25, 0.3) is 0 Å². The third-order valence-electron chi connectivity index (χ3n) is 5.19. The lowest BCUT2D eigenvalue weighted by atomic mass is 10.0. The molecule has 2 heterocycles. The van der Waals surface area contributed by atoms with Crippen LogP contribution in [0.5, 0.6) is 0 Å². The van der Waals surface area contributed by atoms with E-state index in [1.165, 1.54) is 4.88 Å². The number of hydrogen-bond acceptors (Lipinski definition) is 4. The second-order valence-corrected chi connectivity index (χ2v) is 9.18. The minimum Gasteiger partial charge on any atom is -0.345 e. The standard InChI is InChI=1S/C22H29N3O2S/c1-14(2)12-18(22-23-15(3)16(4)28-22)24-21(27)19-10-11-20(26)25(19)13-17-8-6-5-7-9-17/h5-9,14,18-19H,10-13H2,1-4H3,(H,24,27). The zero-order valence-corrected chi connectivity index (χ0v) is 17.9. The lowest BCUT2D eigenvalue weighted by molar-refractivity contribution is -0.136. The first-order valence-electron chi connectivity index (χ1n) is 9.93.